The molecular weight excluding hydrogens is 304 g/mol. The lowest BCUT2D eigenvalue weighted by atomic mass is 10.0. The molecule has 0 amide bonds. The maximum absolute atomic E-state index is 11.2. The van der Waals surface area contributed by atoms with Crippen LogP contribution in [0.1, 0.15) is 103 Å². The zero-order valence-electron chi connectivity index (χ0n) is 15.7. The minimum atomic E-state index is -1.35. The van der Waals surface area contributed by atoms with E-state index in [2.05, 4.69) is 6.92 Å². The zero-order chi connectivity index (χ0) is 17.5. The highest BCUT2D eigenvalue weighted by atomic mass is 16.8. The molecule has 0 aromatic carbocycles. The van der Waals surface area contributed by atoms with Gasteiger partial charge in [0, 0.05) is 6.42 Å². The number of hydrogen-bond acceptors (Lipinski definition) is 3. The predicted octanol–water partition coefficient (Wildman–Crippen LogP) is 5.69. The molecule has 0 saturated carbocycles. The van der Waals surface area contributed by atoms with Crippen LogP contribution in [0.3, 0.4) is 0 Å². The summed E-state index contributed by atoms with van der Waals surface area (Å²) in [5.41, 5.74) is 0. The predicted molar refractivity (Wildman–Crippen MR) is 97.2 cm³/mol. The Balaban J connectivity index is 1.83. The lowest BCUT2D eigenvalue weighted by Crippen LogP contribution is -2.39. The number of carbonyl (C=O) groups is 1. The molecule has 1 aliphatic heterocycles. The fraction of sp³-hybridized carbons (Fsp3) is 0.950. The van der Waals surface area contributed by atoms with Crippen LogP contribution in [0.2, 0.25) is 0 Å². The minimum absolute atomic E-state index is 0.394. The Hall–Kier alpha value is -0.610. The molecule has 1 fully saturated rings. The smallest absolute Gasteiger partial charge is 0.364 e. The lowest BCUT2D eigenvalue weighted by Gasteiger charge is -2.21. The first-order chi connectivity index (χ1) is 11.7. The second-order valence-electron chi connectivity index (χ2n) is 7.10. The average molecular weight is 343 g/mol. The summed E-state index contributed by atoms with van der Waals surface area (Å²) in [6.07, 6.45) is 18.6. The highest BCUT2D eigenvalue weighted by molar-refractivity contribution is 5.75. The number of hydrogen-bond donors (Lipinski definition) is 1. The topological polar surface area (TPSA) is 55.8 Å². The molecule has 0 aromatic rings. The van der Waals surface area contributed by atoms with E-state index in [-0.39, 0.29) is 0 Å². The van der Waals surface area contributed by atoms with E-state index in [0.29, 0.717) is 19.6 Å². The molecular formula is C20H38O4. The summed E-state index contributed by atoms with van der Waals surface area (Å²) in [7, 11) is 0. The van der Waals surface area contributed by atoms with E-state index < -0.39 is 11.8 Å². The van der Waals surface area contributed by atoms with Crippen molar-refractivity contribution in [3.8, 4) is 0 Å². The fourth-order valence-electron chi connectivity index (χ4n) is 3.38. The van der Waals surface area contributed by atoms with E-state index in [1.807, 2.05) is 0 Å². The third-order valence-corrected chi connectivity index (χ3v) is 4.94. The molecule has 0 unspecified atom stereocenters. The van der Waals surface area contributed by atoms with E-state index in [9.17, 15) is 9.90 Å². The number of rotatable bonds is 16. The van der Waals surface area contributed by atoms with Gasteiger partial charge >= 0.3 is 5.97 Å². The van der Waals surface area contributed by atoms with Gasteiger partial charge in [0.05, 0.1) is 13.2 Å². The highest BCUT2D eigenvalue weighted by Gasteiger charge is 2.44. The van der Waals surface area contributed by atoms with Crippen LogP contribution < -0.4 is 0 Å². The van der Waals surface area contributed by atoms with E-state index >= 15 is 0 Å². The molecule has 0 aliphatic carbocycles. The quantitative estimate of drug-likeness (QED) is 0.366. The van der Waals surface area contributed by atoms with Gasteiger partial charge in [-0.15, -0.1) is 0 Å². The number of aliphatic carboxylic acids is 1. The molecule has 4 heteroatoms. The van der Waals surface area contributed by atoms with Gasteiger partial charge < -0.3 is 14.6 Å². The molecule has 0 spiro atoms. The van der Waals surface area contributed by atoms with Crippen LogP contribution in [0.4, 0.5) is 0 Å². The molecule has 1 saturated heterocycles. The Morgan fingerprint density at radius 2 is 1.12 bits per heavy atom. The van der Waals surface area contributed by atoms with E-state index in [0.717, 1.165) is 12.8 Å². The van der Waals surface area contributed by atoms with E-state index in [1.54, 1.807) is 0 Å². The fourth-order valence-corrected chi connectivity index (χ4v) is 3.38. The second kappa shape index (κ2) is 13.7. The first-order valence-electron chi connectivity index (χ1n) is 10.2. The molecule has 0 atom stereocenters. The molecule has 1 heterocycles. The van der Waals surface area contributed by atoms with Crippen molar-refractivity contribution in [3.63, 3.8) is 0 Å². The third kappa shape index (κ3) is 9.03. The van der Waals surface area contributed by atoms with Crippen LogP contribution in [0.15, 0.2) is 0 Å². The van der Waals surface area contributed by atoms with E-state index in [1.165, 1.54) is 77.0 Å². The molecule has 0 radical (unpaired) electrons. The number of unbranched alkanes of at least 4 members (excludes halogenated alkanes) is 13. The van der Waals surface area contributed by atoms with Gasteiger partial charge in [-0.2, -0.15) is 0 Å². The molecule has 24 heavy (non-hydrogen) atoms. The van der Waals surface area contributed by atoms with Gasteiger partial charge in [0.2, 0.25) is 0 Å². The van der Waals surface area contributed by atoms with Crippen molar-refractivity contribution in [1.82, 2.24) is 0 Å². The van der Waals surface area contributed by atoms with Crippen LogP contribution >= 0.6 is 0 Å². The maximum atomic E-state index is 11.2. The summed E-state index contributed by atoms with van der Waals surface area (Å²) in [6, 6.07) is 0. The van der Waals surface area contributed by atoms with Crippen LogP contribution in [0.5, 0.6) is 0 Å². The molecule has 4 nitrogen and oxygen atoms in total. The largest absolute Gasteiger partial charge is 0.477 e. The van der Waals surface area contributed by atoms with Crippen molar-refractivity contribution in [1.29, 1.82) is 0 Å². The normalized spacial score (nSPS) is 16.5. The molecule has 142 valence electrons. The Labute approximate surface area is 148 Å². The number of carboxylic acid groups (broad SMARTS) is 1. The second-order valence-corrected chi connectivity index (χ2v) is 7.10. The van der Waals surface area contributed by atoms with Gasteiger partial charge in [-0.25, -0.2) is 4.79 Å². The van der Waals surface area contributed by atoms with Crippen LogP contribution in [-0.4, -0.2) is 30.1 Å². The average Bonchev–Trinajstić information content (AvgIpc) is 3.05. The summed E-state index contributed by atoms with van der Waals surface area (Å²) < 4.78 is 10.6. The van der Waals surface area contributed by atoms with Gasteiger partial charge in [-0.3, -0.25) is 0 Å². The van der Waals surface area contributed by atoms with Crippen molar-refractivity contribution < 1.29 is 19.4 Å². The van der Waals surface area contributed by atoms with Gasteiger partial charge in [0.25, 0.3) is 5.79 Å². The molecule has 1 aliphatic rings. The van der Waals surface area contributed by atoms with Crippen molar-refractivity contribution >= 4 is 5.97 Å². The zero-order valence-corrected chi connectivity index (χ0v) is 15.7. The maximum Gasteiger partial charge on any atom is 0.364 e. The number of ether oxygens (including phenoxy) is 2. The SMILES string of the molecule is CCCCCCCCCCCCCCCCC1(C(=O)O)OCCO1. The molecule has 0 bridgehead atoms. The van der Waals surface area contributed by atoms with E-state index in [4.69, 9.17) is 9.47 Å². The summed E-state index contributed by atoms with van der Waals surface area (Å²) in [4.78, 5) is 11.2. The first-order valence-corrected chi connectivity index (χ1v) is 10.2. The monoisotopic (exact) mass is 342 g/mol. The summed E-state index contributed by atoms with van der Waals surface area (Å²) >= 11 is 0. The minimum Gasteiger partial charge on any atom is -0.477 e. The van der Waals surface area contributed by atoms with Crippen molar-refractivity contribution in [3.05, 3.63) is 0 Å². The lowest BCUT2D eigenvalue weighted by molar-refractivity contribution is -0.203. The first kappa shape index (κ1) is 21.4. The van der Waals surface area contributed by atoms with Gasteiger partial charge in [0.15, 0.2) is 0 Å². The van der Waals surface area contributed by atoms with Crippen molar-refractivity contribution in [2.24, 2.45) is 0 Å². The van der Waals surface area contributed by atoms with Gasteiger partial charge in [-0.05, 0) is 6.42 Å². The highest BCUT2D eigenvalue weighted by Crippen LogP contribution is 2.26. The summed E-state index contributed by atoms with van der Waals surface area (Å²) in [5.74, 6) is -2.33. The summed E-state index contributed by atoms with van der Waals surface area (Å²) in [6.45, 7) is 3.05. The van der Waals surface area contributed by atoms with Gasteiger partial charge in [-0.1, -0.05) is 90.4 Å². The Kier molecular flexibility index (Phi) is 12.2. The third-order valence-electron chi connectivity index (χ3n) is 4.94. The van der Waals surface area contributed by atoms with Crippen molar-refractivity contribution in [2.45, 2.75) is 109 Å². The van der Waals surface area contributed by atoms with Crippen LogP contribution in [-0.2, 0) is 14.3 Å². The van der Waals surface area contributed by atoms with Crippen molar-refractivity contribution in [2.75, 3.05) is 13.2 Å². The molecule has 1 N–H and O–H groups in total. The molecule has 0 aromatic heterocycles. The molecule has 1 rings (SSSR count). The van der Waals surface area contributed by atoms with Crippen LogP contribution in [0.25, 0.3) is 0 Å². The number of carboxylic acids is 1. The Morgan fingerprint density at radius 3 is 1.50 bits per heavy atom. The Bertz CT molecular complexity index is 311. The van der Waals surface area contributed by atoms with Gasteiger partial charge in [0.1, 0.15) is 0 Å². The standard InChI is InChI=1S/C20H38O4/c1-2-3-4-5-6-7-8-9-10-11-12-13-14-15-16-20(19(21)22)23-17-18-24-20/h2-18H2,1H3,(H,21,22). The van der Waals surface area contributed by atoms with Crippen LogP contribution in [0, 0.1) is 0 Å². The summed E-state index contributed by atoms with van der Waals surface area (Å²) in [5, 5.41) is 9.22. The Morgan fingerprint density at radius 1 is 0.750 bits per heavy atom.